The minimum atomic E-state index is -1.61. The van der Waals surface area contributed by atoms with Crippen LogP contribution in [0.5, 0.6) is 5.75 Å². The van der Waals surface area contributed by atoms with Gasteiger partial charge in [-0.15, -0.1) is 0 Å². The van der Waals surface area contributed by atoms with Crippen LogP contribution in [0.1, 0.15) is 13.8 Å². The van der Waals surface area contributed by atoms with Gasteiger partial charge in [-0.1, -0.05) is 17.7 Å². The molecular formula is C20H18ClNO8. The number of hydrogen-bond donors (Lipinski definition) is 0. The summed E-state index contributed by atoms with van der Waals surface area (Å²) >= 11 is 6.07. The van der Waals surface area contributed by atoms with Crippen molar-refractivity contribution < 1.29 is 38.1 Å². The van der Waals surface area contributed by atoms with Crippen molar-refractivity contribution in [2.45, 2.75) is 31.8 Å². The quantitative estimate of drug-likeness (QED) is 0.297. The van der Waals surface area contributed by atoms with Crippen LogP contribution >= 0.6 is 11.6 Å². The summed E-state index contributed by atoms with van der Waals surface area (Å²) in [5.41, 5.74) is -1.42. The van der Waals surface area contributed by atoms with E-state index in [1.54, 1.807) is 18.2 Å². The van der Waals surface area contributed by atoms with Crippen molar-refractivity contribution in [2.24, 2.45) is 11.8 Å². The summed E-state index contributed by atoms with van der Waals surface area (Å²) in [7, 11) is 1.41. The van der Waals surface area contributed by atoms with E-state index in [1.807, 2.05) is 0 Å². The van der Waals surface area contributed by atoms with E-state index in [4.69, 9.17) is 30.5 Å². The number of carbonyl (C=O) groups is 4. The van der Waals surface area contributed by atoms with Gasteiger partial charge in [-0.2, -0.15) is 0 Å². The molecule has 10 heteroatoms. The molecule has 4 atom stereocenters. The van der Waals surface area contributed by atoms with E-state index in [0.717, 1.165) is 18.7 Å². The molecule has 1 aromatic rings. The Hall–Kier alpha value is -2.91. The smallest absolute Gasteiger partial charge is 0.305 e. The number of anilines is 1. The lowest BCUT2D eigenvalue weighted by atomic mass is 9.76. The van der Waals surface area contributed by atoms with Crippen LogP contribution in [0.2, 0.25) is 5.02 Å². The average Bonchev–Trinajstić information content (AvgIpc) is 3.31. The molecule has 3 aliphatic rings. The number of methoxy groups -OCH3 is 1. The lowest BCUT2D eigenvalue weighted by molar-refractivity contribution is -0.226. The van der Waals surface area contributed by atoms with Crippen molar-refractivity contribution in [3.8, 4) is 5.75 Å². The number of benzene rings is 1. The highest BCUT2D eigenvalue weighted by Crippen LogP contribution is 2.55. The number of nitrogens with zero attached hydrogens (tertiary/aromatic N) is 1. The second-order valence-electron chi connectivity index (χ2n) is 7.18. The molecule has 0 aromatic heterocycles. The van der Waals surface area contributed by atoms with Gasteiger partial charge in [-0.3, -0.25) is 19.2 Å². The molecule has 2 bridgehead atoms. The largest absolute Gasteiger partial charge is 0.495 e. The number of imide groups is 1. The fourth-order valence-corrected chi connectivity index (χ4v) is 4.46. The molecule has 0 N–H and O–H groups in total. The molecule has 158 valence electrons. The highest BCUT2D eigenvalue weighted by Gasteiger charge is 2.72. The topological polar surface area (TPSA) is 108 Å². The molecule has 0 aliphatic carbocycles. The maximum Gasteiger partial charge on any atom is 0.305 e. The Morgan fingerprint density at radius 1 is 1.17 bits per heavy atom. The number of halogens is 1. The summed E-state index contributed by atoms with van der Waals surface area (Å²) in [6.45, 7) is 2.28. The maximum atomic E-state index is 13.5. The van der Waals surface area contributed by atoms with Gasteiger partial charge < -0.3 is 18.9 Å². The summed E-state index contributed by atoms with van der Waals surface area (Å²) in [5, 5.41) is 0.313. The lowest BCUT2D eigenvalue weighted by Gasteiger charge is -2.34. The van der Waals surface area contributed by atoms with E-state index in [1.165, 1.54) is 19.3 Å². The summed E-state index contributed by atoms with van der Waals surface area (Å²) in [4.78, 5) is 51.0. The number of fused-ring (bicyclic) bond motifs is 5. The van der Waals surface area contributed by atoms with Gasteiger partial charge in [0.1, 0.15) is 5.75 Å². The summed E-state index contributed by atoms with van der Waals surface area (Å²) in [6, 6.07) is 4.57. The number of carbonyl (C=O) groups excluding carboxylic acids is 4. The van der Waals surface area contributed by atoms with Crippen LogP contribution in [-0.4, -0.2) is 48.9 Å². The van der Waals surface area contributed by atoms with Gasteiger partial charge in [0.15, 0.2) is 5.60 Å². The van der Waals surface area contributed by atoms with Crippen LogP contribution in [0.3, 0.4) is 0 Å². The Morgan fingerprint density at radius 2 is 1.83 bits per heavy atom. The van der Waals surface area contributed by atoms with Crippen LogP contribution < -0.4 is 9.64 Å². The monoisotopic (exact) mass is 435 g/mol. The summed E-state index contributed by atoms with van der Waals surface area (Å²) in [6.07, 6.45) is 0.849. The second kappa shape index (κ2) is 7.10. The van der Waals surface area contributed by atoms with Gasteiger partial charge in [0.05, 0.1) is 30.7 Å². The predicted molar refractivity (Wildman–Crippen MR) is 102 cm³/mol. The number of esters is 2. The van der Waals surface area contributed by atoms with Gasteiger partial charge in [-0.25, -0.2) is 4.90 Å². The van der Waals surface area contributed by atoms with E-state index in [-0.39, 0.29) is 11.4 Å². The molecule has 30 heavy (non-hydrogen) atoms. The number of hydrogen-bond acceptors (Lipinski definition) is 8. The van der Waals surface area contributed by atoms with Gasteiger partial charge in [-0.05, 0) is 24.3 Å². The van der Waals surface area contributed by atoms with Crippen molar-refractivity contribution in [1.82, 2.24) is 0 Å². The molecule has 4 rings (SSSR count). The molecule has 2 amide bonds. The second-order valence-corrected chi connectivity index (χ2v) is 7.61. The lowest BCUT2D eigenvalue weighted by Crippen LogP contribution is -2.52. The normalized spacial score (nSPS) is 28.8. The summed E-state index contributed by atoms with van der Waals surface area (Å²) in [5.74, 6) is -4.22. The average molecular weight is 436 g/mol. The van der Waals surface area contributed by atoms with Gasteiger partial charge >= 0.3 is 11.9 Å². The van der Waals surface area contributed by atoms with Gasteiger partial charge in [0.2, 0.25) is 11.8 Å². The molecule has 0 saturated carbocycles. The third-order valence-corrected chi connectivity index (χ3v) is 5.61. The van der Waals surface area contributed by atoms with Crippen molar-refractivity contribution in [3.63, 3.8) is 0 Å². The molecule has 2 fully saturated rings. The van der Waals surface area contributed by atoms with Crippen LogP contribution in [0.15, 0.2) is 30.4 Å². The highest BCUT2D eigenvalue weighted by molar-refractivity contribution is 6.31. The van der Waals surface area contributed by atoms with Crippen LogP contribution in [0.4, 0.5) is 5.69 Å². The third kappa shape index (κ3) is 2.88. The van der Waals surface area contributed by atoms with Crippen molar-refractivity contribution in [1.29, 1.82) is 0 Å². The van der Waals surface area contributed by atoms with Crippen molar-refractivity contribution in [3.05, 3.63) is 35.4 Å². The van der Waals surface area contributed by atoms with E-state index < -0.39 is 53.6 Å². The molecule has 9 nitrogen and oxygen atoms in total. The Labute approximate surface area is 176 Å². The first kappa shape index (κ1) is 20.4. The first-order valence-corrected chi connectivity index (χ1v) is 9.50. The molecule has 0 radical (unpaired) electrons. The molecule has 1 aromatic carbocycles. The van der Waals surface area contributed by atoms with Gasteiger partial charge in [0.25, 0.3) is 6.29 Å². The van der Waals surface area contributed by atoms with E-state index in [0.29, 0.717) is 5.02 Å². The molecule has 0 spiro atoms. The van der Waals surface area contributed by atoms with Crippen LogP contribution in [0, 0.1) is 11.8 Å². The van der Waals surface area contributed by atoms with E-state index in [9.17, 15) is 19.2 Å². The van der Waals surface area contributed by atoms with Crippen molar-refractivity contribution >= 4 is 41.0 Å². The Balaban J connectivity index is 1.78. The Kier molecular flexibility index (Phi) is 4.82. The fraction of sp³-hybridized carbons (Fsp3) is 0.400. The van der Waals surface area contributed by atoms with E-state index >= 15 is 0 Å². The minimum absolute atomic E-state index is 0.195. The van der Waals surface area contributed by atoms with Crippen LogP contribution in [-0.2, 0) is 33.4 Å². The highest BCUT2D eigenvalue weighted by atomic mass is 35.5. The summed E-state index contributed by atoms with van der Waals surface area (Å²) < 4.78 is 21.5. The Bertz CT molecular complexity index is 975. The van der Waals surface area contributed by atoms with E-state index in [2.05, 4.69) is 0 Å². The first-order valence-electron chi connectivity index (χ1n) is 9.12. The molecule has 2 saturated heterocycles. The Morgan fingerprint density at radius 3 is 2.43 bits per heavy atom. The fourth-order valence-electron chi connectivity index (χ4n) is 4.29. The molecule has 3 aliphatic heterocycles. The number of ether oxygens (including phenoxy) is 4. The predicted octanol–water partition coefficient (Wildman–Crippen LogP) is 1.61. The number of rotatable bonds is 5. The zero-order valence-corrected chi connectivity index (χ0v) is 17.0. The van der Waals surface area contributed by atoms with Gasteiger partial charge in [0, 0.05) is 18.9 Å². The number of amides is 2. The first-order chi connectivity index (χ1) is 14.2. The third-order valence-electron chi connectivity index (χ3n) is 5.37. The molecule has 3 heterocycles. The zero-order valence-electron chi connectivity index (χ0n) is 16.3. The van der Waals surface area contributed by atoms with Crippen LogP contribution in [0.25, 0.3) is 0 Å². The standard InChI is InChI=1S/C20H18ClNO8/c1-9(23)28-19(29-10(2)24)20-7-6-14(30-20)15-16(20)18(26)22(17(15)25)12-8-11(21)4-5-13(12)27-3/h4-8,14-16,19H,1-3H3/t14-,15+,16-,20-/m1/s1. The minimum Gasteiger partial charge on any atom is -0.495 e. The SMILES string of the molecule is COc1ccc(Cl)cc1N1C(=O)[C@H]2[C@H]3C=C[C@@](C(OC(C)=O)OC(C)=O)(O3)[C@H]2C1=O. The van der Waals surface area contributed by atoms with Crippen molar-refractivity contribution in [2.75, 3.05) is 12.0 Å². The maximum absolute atomic E-state index is 13.5. The molecule has 0 unspecified atom stereocenters. The molecular weight excluding hydrogens is 418 g/mol. The zero-order chi connectivity index (χ0) is 21.8.